The number of imide groups is 1. The van der Waals surface area contributed by atoms with Crippen LogP contribution in [0.5, 0.6) is 0 Å². The molecule has 0 bridgehead atoms. The topological polar surface area (TPSA) is 96.3 Å². The summed E-state index contributed by atoms with van der Waals surface area (Å²) in [5.74, 6) is 0.561. The van der Waals surface area contributed by atoms with Crippen molar-refractivity contribution in [3.8, 4) is 0 Å². The molecule has 1 aliphatic rings. The minimum atomic E-state index is -0.870. The van der Waals surface area contributed by atoms with Crippen LogP contribution in [0, 0.1) is 6.92 Å². The van der Waals surface area contributed by atoms with Crippen molar-refractivity contribution >= 4 is 28.9 Å². The van der Waals surface area contributed by atoms with Crippen LogP contribution >= 0.6 is 0 Å². The Bertz CT molecular complexity index is 887. The van der Waals surface area contributed by atoms with Crippen molar-refractivity contribution in [2.24, 2.45) is 0 Å². The van der Waals surface area contributed by atoms with Crippen LogP contribution in [0.15, 0.2) is 24.3 Å². The number of fused-ring (bicyclic) bond motifs is 1. The number of aryl methyl sites for hydroxylation is 1. The standard InChI is InChI=1S/C19H25N5O3/c1-13-21-14-7-4-5-8-15(14)23(13)12-10-20-16(25)9-6-11-24-17(26)19(2,3)22-18(24)27/h4-5,7-8H,6,9-12H2,1-3H3,(H,20,25)(H,22,27). The second kappa shape index (κ2) is 7.38. The molecule has 4 amide bonds. The minimum Gasteiger partial charge on any atom is -0.354 e. The van der Waals surface area contributed by atoms with E-state index in [1.807, 2.05) is 31.2 Å². The highest BCUT2D eigenvalue weighted by Crippen LogP contribution is 2.17. The molecular formula is C19H25N5O3. The van der Waals surface area contributed by atoms with Gasteiger partial charge < -0.3 is 15.2 Å². The maximum Gasteiger partial charge on any atom is 0.325 e. The molecule has 2 heterocycles. The smallest absolute Gasteiger partial charge is 0.325 e. The van der Waals surface area contributed by atoms with Crippen LogP contribution in [-0.4, -0.2) is 50.9 Å². The van der Waals surface area contributed by atoms with Crippen LogP contribution in [0.3, 0.4) is 0 Å². The Labute approximate surface area is 157 Å². The van der Waals surface area contributed by atoms with E-state index in [2.05, 4.69) is 20.2 Å². The maximum absolute atomic E-state index is 12.1. The van der Waals surface area contributed by atoms with Gasteiger partial charge in [-0.1, -0.05) is 12.1 Å². The summed E-state index contributed by atoms with van der Waals surface area (Å²) in [5.41, 5.74) is 1.12. The first-order valence-corrected chi connectivity index (χ1v) is 9.12. The largest absolute Gasteiger partial charge is 0.354 e. The highest BCUT2D eigenvalue weighted by atomic mass is 16.2. The Hall–Kier alpha value is -2.90. The monoisotopic (exact) mass is 371 g/mol. The first kappa shape index (κ1) is 18.9. The number of imidazole rings is 1. The molecule has 3 rings (SSSR count). The van der Waals surface area contributed by atoms with E-state index in [4.69, 9.17) is 0 Å². The van der Waals surface area contributed by atoms with Gasteiger partial charge >= 0.3 is 6.03 Å². The lowest BCUT2D eigenvalue weighted by atomic mass is 10.1. The molecule has 0 saturated carbocycles. The van der Waals surface area contributed by atoms with E-state index in [0.717, 1.165) is 16.9 Å². The lowest BCUT2D eigenvalue weighted by molar-refractivity contribution is -0.130. The molecule has 0 aliphatic carbocycles. The third-order valence-corrected chi connectivity index (χ3v) is 4.73. The van der Waals surface area contributed by atoms with Crippen LogP contribution < -0.4 is 10.6 Å². The number of benzene rings is 1. The summed E-state index contributed by atoms with van der Waals surface area (Å²) in [6, 6.07) is 7.50. The van der Waals surface area contributed by atoms with Crippen molar-refractivity contribution in [2.45, 2.75) is 45.7 Å². The van der Waals surface area contributed by atoms with Crippen LogP contribution in [0.2, 0.25) is 0 Å². The summed E-state index contributed by atoms with van der Waals surface area (Å²) in [5, 5.41) is 5.51. The number of rotatable bonds is 7. The SMILES string of the molecule is Cc1nc2ccccc2n1CCNC(=O)CCCN1C(=O)NC(C)(C)C1=O. The first-order valence-electron chi connectivity index (χ1n) is 9.12. The molecule has 8 heteroatoms. The molecule has 1 aromatic heterocycles. The van der Waals surface area contributed by atoms with Gasteiger partial charge in [-0.3, -0.25) is 14.5 Å². The van der Waals surface area contributed by atoms with Crippen molar-refractivity contribution in [1.82, 2.24) is 25.1 Å². The first-order chi connectivity index (χ1) is 12.8. The minimum absolute atomic E-state index is 0.0941. The number of carbonyl (C=O) groups is 3. The molecule has 27 heavy (non-hydrogen) atoms. The molecule has 2 N–H and O–H groups in total. The number of carbonyl (C=O) groups excluding carboxylic acids is 3. The third kappa shape index (κ3) is 3.94. The van der Waals surface area contributed by atoms with Crippen molar-refractivity contribution in [3.63, 3.8) is 0 Å². The molecule has 1 aromatic carbocycles. The molecule has 0 radical (unpaired) electrons. The molecule has 0 spiro atoms. The van der Waals surface area contributed by atoms with Crippen molar-refractivity contribution in [2.75, 3.05) is 13.1 Å². The summed E-state index contributed by atoms with van der Waals surface area (Å²) in [4.78, 5) is 41.6. The van der Waals surface area contributed by atoms with Gasteiger partial charge in [0.2, 0.25) is 5.91 Å². The van der Waals surface area contributed by atoms with E-state index in [1.165, 1.54) is 4.90 Å². The summed E-state index contributed by atoms with van der Waals surface area (Å²) >= 11 is 0. The van der Waals surface area contributed by atoms with Crippen LogP contribution in [0.1, 0.15) is 32.5 Å². The number of hydrogen-bond acceptors (Lipinski definition) is 4. The average Bonchev–Trinajstić information content (AvgIpc) is 3.02. The van der Waals surface area contributed by atoms with Gasteiger partial charge in [-0.2, -0.15) is 0 Å². The van der Waals surface area contributed by atoms with Crippen LogP contribution in [-0.2, 0) is 16.1 Å². The van der Waals surface area contributed by atoms with E-state index < -0.39 is 11.6 Å². The molecule has 0 unspecified atom stereocenters. The predicted octanol–water partition coefficient (Wildman–Crippen LogP) is 1.57. The highest BCUT2D eigenvalue weighted by molar-refractivity contribution is 6.06. The fourth-order valence-corrected chi connectivity index (χ4v) is 3.29. The second-order valence-corrected chi connectivity index (χ2v) is 7.26. The Kier molecular flexibility index (Phi) is 5.16. The van der Waals surface area contributed by atoms with E-state index in [-0.39, 0.29) is 24.8 Å². The molecule has 8 nitrogen and oxygen atoms in total. The predicted molar refractivity (Wildman–Crippen MR) is 101 cm³/mol. The number of aromatic nitrogens is 2. The fourth-order valence-electron chi connectivity index (χ4n) is 3.29. The average molecular weight is 371 g/mol. The van der Waals surface area contributed by atoms with Gasteiger partial charge in [-0.25, -0.2) is 9.78 Å². The summed E-state index contributed by atoms with van der Waals surface area (Å²) < 4.78 is 2.07. The lowest BCUT2D eigenvalue weighted by Crippen LogP contribution is -2.40. The van der Waals surface area contributed by atoms with Gasteiger partial charge in [0.25, 0.3) is 5.91 Å². The van der Waals surface area contributed by atoms with E-state index >= 15 is 0 Å². The zero-order chi connectivity index (χ0) is 19.6. The van der Waals surface area contributed by atoms with Gasteiger partial charge in [0.15, 0.2) is 0 Å². The Morgan fingerprint density at radius 1 is 1.22 bits per heavy atom. The van der Waals surface area contributed by atoms with Gasteiger partial charge in [0.1, 0.15) is 11.4 Å². The van der Waals surface area contributed by atoms with Crippen molar-refractivity contribution in [3.05, 3.63) is 30.1 Å². The molecule has 0 atom stereocenters. The number of nitrogens with one attached hydrogen (secondary N) is 2. The summed E-state index contributed by atoms with van der Waals surface area (Å²) in [6.07, 6.45) is 0.704. The molecule has 144 valence electrons. The van der Waals surface area contributed by atoms with Crippen LogP contribution in [0.25, 0.3) is 11.0 Å². The van der Waals surface area contributed by atoms with Gasteiger partial charge in [0.05, 0.1) is 11.0 Å². The zero-order valence-electron chi connectivity index (χ0n) is 15.9. The van der Waals surface area contributed by atoms with Gasteiger partial charge in [-0.05, 0) is 39.3 Å². The highest BCUT2D eigenvalue weighted by Gasteiger charge is 2.43. The molecule has 1 saturated heterocycles. The quantitative estimate of drug-likeness (QED) is 0.722. The van der Waals surface area contributed by atoms with Gasteiger partial charge in [-0.15, -0.1) is 0 Å². The normalized spacial score (nSPS) is 16.0. The second-order valence-electron chi connectivity index (χ2n) is 7.26. The molecule has 1 fully saturated rings. The Morgan fingerprint density at radius 2 is 1.96 bits per heavy atom. The molecule has 1 aliphatic heterocycles. The van der Waals surface area contributed by atoms with Crippen molar-refractivity contribution < 1.29 is 14.4 Å². The maximum atomic E-state index is 12.1. The zero-order valence-corrected chi connectivity index (χ0v) is 15.9. The lowest BCUT2D eigenvalue weighted by Gasteiger charge is -2.15. The van der Waals surface area contributed by atoms with E-state index in [0.29, 0.717) is 19.5 Å². The fraction of sp³-hybridized carbons (Fsp3) is 0.474. The Morgan fingerprint density at radius 3 is 2.67 bits per heavy atom. The number of para-hydroxylation sites is 2. The summed E-state index contributed by atoms with van der Waals surface area (Å²) in [6.45, 7) is 6.66. The third-order valence-electron chi connectivity index (χ3n) is 4.73. The summed E-state index contributed by atoms with van der Waals surface area (Å²) in [7, 11) is 0. The van der Waals surface area contributed by atoms with E-state index in [9.17, 15) is 14.4 Å². The van der Waals surface area contributed by atoms with E-state index in [1.54, 1.807) is 13.8 Å². The van der Waals surface area contributed by atoms with Gasteiger partial charge in [0, 0.05) is 26.1 Å². The number of hydrogen-bond donors (Lipinski definition) is 2. The van der Waals surface area contributed by atoms with Crippen LogP contribution in [0.4, 0.5) is 4.79 Å². The molecule has 2 aromatic rings. The number of amides is 4. The molecular weight excluding hydrogens is 346 g/mol. The Balaban J connectivity index is 1.43. The number of nitrogens with zero attached hydrogens (tertiary/aromatic N) is 3. The van der Waals surface area contributed by atoms with Crippen molar-refractivity contribution in [1.29, 1.82) is 0 Å². The number of urea groups is 1.